The van der Waals surface area contributed by atoms with Crippen LogP contribution in [0.15, 0.2) is 77.2 Å². The van der Waals surface area contributed by atoms with E-state index in [1.165, 1.54) is 5.41 Å². The highest BCUT2D eigenvalue weighted by Crippen LogP contribution is 2.22. The molecule has 0 aliphatic rings. The van der Waals surface area contributed by atoms with Crippen molar-refractivity contribution in [3.8, 4) is 0 Å². The third kappa shape index (κ3) is 2.92. The monoisotopic (exact) mass is 309 g/mol. The summed E-state index contributed by atoms with van der Waals surface area (Å²) in [4.78, 5) is 4.47. The molecule has 1 heterocycles. The number of pyridine rings is 1. The van der Waals surface area contributed by atoms with E-state index in [1.54, 1.807) is 37.4 Å². The lowest BCUT2D eigenvalue weighted by Gasteiger charge is -2.04. The van der Waals surface area contributed by atoms with Gasteiger partial charge in [-0.2, -0.15) is 0 Å². The quantitative estimate of drug-likeness (QED) is 0.732. The number of fused-ring (bicyclic) bond motifs is 1. The molecule has 0 spiro atoms. The van der Waals surface area contributed by atoms with E-state index in [-0.39, 0.29) is 0 Å². The van der Waals surface area contributed by atoms with Crippen molar-refractivity contribution in [1.82, 2.24) is 4.98 Å². The zero-order chi connectivity index (χ0) is 15.6. The Labute approximate surface area is 129 Å². The van der Waals surface area contributed by atoms with Gasteiger partial charge in [0, 0.05) is 11.6 Å². The number of benzene rings is 2. The molecule has 0 saturated carbocycles. The molecule has 3 aromatic rings. The Kier molecular flexibility index (Phi) is 3.77. The van der Waals surface area contributed by atoms with Crippen molar-refractivity contribution in [3.63, 3.8) is 0 Å². The van der Waals surface area contributed by atoms with Gasteiger partial charge in [0.2, 0.25) is 0 Å². The molecule has 0 saturated heterocycles. The predicted octanol–water partition coefficient (Wildman–Crippen LogP) is 4.07. The molecule has 0 bridgehead atoms. The molecule has 0 fully saturated rings. The summed E-state index contributed by atoms with van der Waals surface area (Å²) < 4.78 is 25.1. The van der Waals surface area contributed by atoms with E-state index in [0.717, 1.165) is 10.8 Å². The van der Waals surface area contributed by atoms with Crippen LogP contribution in [0.2, 0.25) is 0 Å². The van der Waals surface area contributed by atoms with Gasteiger partial charge in [-0.05, 0) is 47.5 Å². The highest BCUT2D eigenvalue weighted by atomic mass is 32.2. The SMILES string of the molecule is C/C(=C\S(=O)(=O)c1ccc2ccccc2c1)c1ccccn1. The maximum absolute atomic E-state index is 12.6. The van der Waals surface area contributed by atoms with Crippen molar-refractivity contribution in [3.05, 3.63) is 78.0 Å². The van der Waals surface area contributed by atoms with E-state index in [9.17, 15) is 8.42 Å². The lowest BCUT2D eigenvalue weighted by molar-refractivity contribution is 0.605. The molecule has 110 valence electrons. The minimum absolute atomic E-state index is 0.293. The van der Waals surface area contributed by atoms with Crippen LogP contribution >= 0.6 is 0 Å². The Hall–Kier alpha value is -2.46. The van der Waals surface area contributed by atoms with Gasteiger partial charge in [-0.1, -0.05) is 36.4 Å². The lowest BCUT2D eigenvalue weighted by atomic mass is 10.1. The van der Waals surface area contributed by atoms with Gasteiger partial charge in [0.05, 0.1) is 10.6 Å². The van der Waals surface area contributed by atoms with E-state index in [2.05, 4.69) is 4.98 Å². The van der Waals surface area contributed by atoms with Crippen LogP contribution in [-0.2, 0) is 9.84 Å². The Morgan fingerprint density at radius 3 is 2.41 bits per heavy atom. The molecular weight excluding hydrogens is 294 g/mol. The summed E-state index contributed by atoms with van der Waals surface area (Å²) in [6.45, 7) is 1.75. The van der Waals surface area contributed by atoms with Crippen LogP contribution < -0.4 is 0 Å². The van der Waals surface area contributed by atoms with Gasteiger partial charge in [0.15, 0.2) is 9.84 Å². The van der Waals surface area contributed by atoms with Gasteiger partial charge >= 0.3 is 0 Å². The first-order valence-corrected chi connectivity index (χ1v) is 8.44. The second kappa shape index (κ2) is 5.73. The molecule has 0 unspecified atom stereocenters. The standard InChI is InChI=1S/C18H15NO2S/c1-14(18-8-4-5-11-19-18)13-22(20,21)17-10-9-15-6-2-3-7-16(15)12-17/h2-13H,1H3/b14-13+. The molecular formula is C18H15NO2S. The first kappa shape index (κ1) is 14.5. The van der Waals surface area contributed by atoms with E-state index in [0.29, 0.717) is 16.2 Å². The second-order valence-corrected chi connectivity index (χ2v) is 6.87. The summed E-state index contributed by atoms with van der Waals surface area (Å²) in [6, 6.07) is 18.3. The molecule has 22 heavy (non-hydrogen) atoms. The lowest BCUT2D eigenvalue weighted by Crippen LogP contribution is -1.98. The van der Waals surface area contributed by atoms with E-state index < -0.39 is 9.84 Å². The minimum Gasteiger partial charge on any atom is -0.257 e. The fourth-order valence-corrected chi connectivity index (χ4v) is 3.57. The van der Waals surface area contributed by atoms with Crippen molar-refractivity contribution in [2.75, 3.05) is 0 Å². The highest BCUT2D eigenvalue weighted by molar-refractivity contribution is 7.94. The van der Waals surface area contributed by atoms with Gasteiger partial charge < -0.3 is 0 Å². The number of hydrogen-bond donors (Lipinski definition) is 0. The number of sulfone groups is 1. The van der Waals surface area contributed by atoms with Crippen LogP contribution in [0.3, 0.4) is 0 Å². The molecule has 0 aliphatic heterocycles. The van der Waals surface area contributed by atoms with Gasteiger partial charge in [0.1, 0.15) is 0 Å². The number of aromatic nitrogens is 1. The minimum atomic E-state index is -3.50. The van der Waals surface area contributed by atoms with Crippen LogP contribution in [0.5, 0.6) is 0 Å². The molecule has 3 rings (SSSR count). The number of hydrogen-bond acceptors (Lipinski definition) is 3. The molecule has 0 atom stereocenters. The number of allylic oxidation sites excluding steroid dienone is 1. The summed E-state index contributed by atoms with van der Waals surface area (Å²) in [5.74, 6) is 0. The molecule has 0 amide bonds. The van der Waals surface area contributed by atoms with Crippen LogP contribution in [0, 0.1) is 0 Å². The summed E-state index contributed by atoms with van der Waals surface area (Å²) in [5, 5.41) is 3.21. The topological polar surface area (TPSA) is 47.0 Å². The van der Waals surface area contributed by atoms with Crippen molar-refractivity contribution < 1.29 is 8.42 Å². The highest BCUT2D eigenvalue weighted by Gasteiger charge is 2.13. The summed E-state index contributed by atoms with van der Waals surface area (Å²) in [7, 11) is -3.50. The average Bonchev–Trinajstić information content (AvgIpc) is 2.55. The molecule has 4 heteroatoms. The fourth-order valence-electron chi connectivity index (χ4n) is 2.30. The Morgan fingerprint density at radius 1 is 0.955 bits per heavy atom. The molecule has 0 N–H and O–H groups in total. The van der Waals surface area contributed by atoms with Gasteiger partial charge in [0.25, 0.3) is 0 Å². The van der Waals surface area contributed by atoms with E-state index in [1.807, 2.05) is 36.4 Å². The van der Waals surface area contributed by atoms with Crippen LogP contribution in [0.25, 0.3) is 16.3 Å². The molecule has 3 nitrogen and oxygen atoms in total. The second-order valence-electron chi connectivity index (χ2n) is 5.07. The smallest absolute Gasteiger partial charge is 0.200 e. The summed E-state index contributed by atoms with van der Waals surface area (Å²) in [5.41, 5.74) is 1.28. The van der Waals surface area contributed by atoms with E-state index >= 15 is 0 Å². The summed E-state index contributed by atoms with van der Waals surface area (Å²) in [6.07, 6.45) is 1.65. The van der Waals surface area contributed by atoms with Crippen molar-refractivity contribution in [2.24, 2.45) is 0 Å². The first-order valence-electron chi connectivity index (χ1n) is 6.90. The predicted molar refractivity (Wildman–Crippen MR) is 89.0 cm³/mol. The fraction of sp³-hybridized carbons (Fsp3) is 0.0556. The molecule has 0 aliphatic carbocycles. The molecule has 1 aromatic heterocycles. The third-order valence-electron chi connectivity index (χ3n) is 3.45. The van der Waals surface area contributed by atoms with Gasteiger partial charge in [-0.25, -0.2) is 8.42 Å². The zero-order valence-electron chi connectivity index (χ0n) is 12.1. The molecule has 2 aromatic carbocycles. The third-order valence-corrected chi connectivity index (χ3v) is 5.03. The first-order chi connectivity index (χ1) is 10.6. The number of nitrogens with zero attached hydrogens (tertiary/aromatic N) is 1. The Morgan fingerprint density at radius 2 is 1.68 bits per heavy atom. The van der Waals surface area contributed by atoms with Crippen molar-refractivity contribution >= 4 is 26.2 Å². The Balaban J connectivity index is 2.04. The molecule has 0 radical (unpaired) electrons. The van der Waals surface area contributed by atoms with Gasteiger partial charge in [-0.15, -0.1) is 0 Å². The average molecular weight is 309 g/mol. The van der Waals surface area contributed by atoms with Crippen LogP contribution in [0.4, 0.5) is 0 Å². The maximum atomic E-state index is 12.6. The summed E-state index contributed by atoms with van der Waals surface area (Å²) >= 11 is 0. The normalized spacial score (nSPS) is 12.5. The van der Waals surface area contributed by atoms with E-state index in [4.69, 9.17) is 0 Å². The van der Waals surface area contributed by atoms with Crippen molar-refractivity contribution in [1.29, 1.82) is 0 Å². The number of rotatable bonds is 3. The zero-order valence-corrected chi connectivity index (χ0v) is 12.9. The van der Waals surface area contributed by atoms with Crippen molar-refractivity contribution in [2.45, 2.75) is 11.8 Å². The maximum Gasteiger partial charge on any atom is 0.200 e. The van der Waals surface area contributed by atoms with Gasteiger partial charge in [-0.3, -0.25) is 4.98 Å². The van der Waals surface area contributed by atoms with Crippen LogP contribution in [-0.4, -0.2) is 13.4 Å². The Bertz CT molecular complexity index is 945. The largest absolute Gasteiger partial charge is 0.257 e. The van der Waals surface area contributed by atoms with Crippen LogP contribution in [0.1, 0.15) is 12.6 Å².